The number of ether oxygens (including phenoxy) is 1. The molecular weight excluding hydrogens is 186 g/mol. The molecule has 4 heteroatoms. The van der Waals surface area contributed by atoms with Crippen molar-refractivity contribution >= 4 is 10.8 Å². The van der Waals surface area contributed by atoms with Crippen LogP contribution in [0.15, 0.2) is 0 Å². The largest absolute Gasteiger partial charge is 0.383 e. The fourth-order valence-electron chi connectivity index (χ4n) is 1.05. The van der Waals surface area contributed by atoms with Crippen LogP contribution in [0.2, 0.25) is 0 Å². The molecular formula is C9H21NO2S. The number of nitrogens with one attached hydrogen (secondary N) is 1. The summed E-state index contributed by atoms with van der Waals surface area (Å²) in [4.78, 5) is 0. The first-order chi connectivity index (χ1) is 6.07. The second-order valence-corrected chi connectivity index (χ2v) is 5.09. The highest BCUT2D eigenvalue weighted by atomic mass is 32.2. The zero-order chi connectivity index (χ0) is 10.3. The van der Waals surface area contributed by atoms with Gasteiger partial charge in [-0.25, -0.2) is 0 Å². The molecule has 0 saturated carbocycles. The van der Waals surface area contributed by atoms with Gasteiger partial charge in [-0.2, -0.15) is 0 Å². The summed E-state index contributed by atoms with van der Waals surface area (Å²) in [6.07, 6.45) is 1.72. The van der Waals surface area contributed by atoms with Crippen LogP contribution in [0, 0.1) is 5.92 Å². The van der Waals surface area contributed by atoms with Gasteiger partial charge in [0.25, 0.3) is 0 Å². The maximum absolute atomic E-state index is 10.8. The zero-order valence-corrected chi connectivity index (χ0v) is 9.82. The van der Waals surface area contributed by atoms with Crippen molar-refractivity contribution in [1.29, 1.82) is 0 Å². The molecule has 0 aliphatic heterocycles. The van der Waals surface area contributed by atoms with Crippen LogP contribution in [-0.2, 0) is 15.5 Å². The topological polar surface area (TPSA) is 38.3 Å². The predicted molar refractivity (Wildman–Crippen MR) is 57.4 cm³/mol. The third-order valence-electron chi connectivity index (χ3n) is 1.95. The van der Waals surface area contributed by atoms with Crippen LogP contribution in [0.3, 0.4) is 0 Å². The summed E-state index contributed by atoms with van der Waals surface area (Å²) in [6, 6.07) is 0.369. The smallest absolute Gasteiger partial charge is 0.0618 e. The number of hydrogen-bond acceptors (Lipinski definition) is 3. The van der Waals surface area contributed by atoms with Crippen molar-refractivity contribution in [2.75, 3.05) is 32.3 Å². The van der Waals surface area contributed by atoms with Gasteiger partial charge in [0, 0.05) is 42.5 Å². The predicted octanol–water partition coefficient (Wildman–Crippen LogP) is 0.626. The van der Waals surface area contributed by atoms with E-state index < -0.39 is 10.8 Å². The zero-order valence-electron chi connectivity index (χ0n) is 9.00. The molecule has 13 heavy (non-hydrogen) atoms. The normalized spacial score (nSPS) is 16.1. The Kier molecular flexibility index (Phi) is 7.51. The molecule has 0 aliphatic carbocycles. The van der Waals surface area contributed by atoms with Crippen molar-refractivity contribution in [2.24, 2.45) is 5.92 Å². The van der Waals surface area contributed by atoms with E-state index in [2.05, 4.69) is 19.2 Å². The maximum Gasteiger partial charge on any atom is 0.0618 e. The van der Waals surface area contributed by atoms with Crippen molar-refractivity contribution in [1.82, 2.24) is 5.32 Å². The van der Waals surface area contributed by atoms with E-state index in [1.165, 1.54) is 0 Å². The minimum atomic E-state index is -0.702. The molecule has 1 N–H and O–H groups in total. The summed E-state index contributed by atoms with van der Waals surface area (Å²) in [7, 11) is 1.00. The molecule has 0 fully saturated rings. The van der Waals surface area contributed by atoms with Crippen molar-refractivity contribution in [2.45, 2.75) is 19.9 Å². The van der Waals surface area contributed by atoms with Crippen LogP contribution in [-0.4, -0.2) is 42.5 Å². The maximum atomic E-state index is 10.8. The first-order valence-electron chi connectivity index (χ1n) is 4.60. The summed E-state index contributed by atoms with van der Waals surface area (Å²) >= 11 is 0. The second kappa shape index (κ2) is 7.47. The van der Waals surface area contributed by atoms with Gasteiger partial charge in [-0.3, -0.25) is 4.21 Å². The van der Waals surface area contributed by atoms with Gasteiger partial charge in [-0.05, 0) is 5.92 Å². The van der Waals surface area contributed by atoms with E-state index in [4.69, 9.17) is 4.74 Å². The highest BCUT2D eigenvalue weighted by molar-refractivity contribution is 7.84. The van der Waals surface area contributed by atoms with Gasteiger partial charge in [0.1, 0.15) is 0 Å². The molecule has 0 heterocycles. The molecule has 80 valence electrons. The molecule has 2 atom stereocenters. The summed E-state index contributed by atoms with van der Waals surface area (Å²) in [6.45, 7) is 5.82. The first-order valence-corrected chi connectivity index (χ1v) is 6.33. The standard InChI is InChI=1S/C9H21NO2S/c1-8(2)9(7-12-3)10-5-6-13(4)11/h8-10H,5-7H2,1-4H3. The van der Waals surface area contributed by atoms with E-state index in [9.17, 15) is 4.21 Å². The van der Waals surface area contributed by atoms with Gasteiger partial charge in [0.05, 0.1) is 6.61 Å². The van der Waals surface area contributed by atoms with E-state index >= 15 is 0 Å². The highest BCUT2D eigenvalue weighted by Gasteiger charge is 2.11. The fraction of sp³-hybridized carbons (Fsp3) is 1.00. The Hall–Kier alpha value is 0.0700. The van der Waals surface area contributed by atoms with E-state index in [1.54, 1.807) is 13.4 Å². The number of methoxy groups -OCH3 is 1. The van der Waals surface area contributed by atoms with Crippen molar-refractivity contribution < 1.29 is 8.95 Å². The van der Waals surface area contributed by atoms with Gasteiger partial charge in [0.2, 0.25) is 0 Å². The molecule has 2 unspecified atom stereocenters. The van der Waals surface area contributed by atoms with Gasteiger partial charge < -0.3 is 10.1 Å². The molecule has 0 radical (unpaired) electrons. The third kappa shape index (κ3) is 7.16. The SMILES string of the molecule is COCC(NCCS(C)=O)C(C)C. The van der Waals surface area contributed by atoms with Gasteiger partial charge in [-0.15, -0.1) is 0 Å². The van der Waals surface area contributed by atoms with E-state index in [-0.39, 0.29) is 0 Å². The molecule has 0 rings (SSSR count). The van der Waals surface area contributed by atoms with Gasteiger partial charge >= 0.3 is 0 Å². The Labute approximate surface area is 83.7 Å². The molecule has 0 aromatic rings. The quantitative estimate of drug-likeness (QED) is 0.665. The average molecular weight is 207 g/mol. The molecule has 0 spiro atoms. The Morgan fingerprint density at radius 1 is 1.46 bits per heavy atom. The van der Waals surface area contributed by atoms with Crippen molar-refractivity contribution in [3.63, 3.8) is 0 Å². The summed E-state index contributed by atoms with van der Waals surface area (Å²) in [5.74, 6) is 1.26. The Bertz CT molecular complexity index is 151. The third-order valence-corrected chi connectivity index (χ3v) is 2.73. The van der Waals surface area contributed by atoms with E-state index in [0.717, 1.165) is 6.54 Å². The molecule has 3 nitrogen and oxygen atoms in total. The lowest BCUT2D eigenvalue weighted by Crippen LogP contribution is -2.39. The summed E-state index contributed by atoms with van der Waals surface area (Å²) in [5, 5.41) is 3.33. The Morgan fingerprint density at radius 2 is 2.08 bits per heavy atom. The van der Waals surface area contributed by atoms with Crippen LogP contribution >= 0.6 is 0 Å². The fourth-order valence-corrected chi connectivity index (χ4v) is 1.46. The lowest BCUT2D eigenvalue weighted by atomic mass is 10.1. The average Bonchev–Trinajstić information content (AvgIpc) is 2.02. The first kappa shape index (κ1) is 13.1. The van der Waals surface area contributed by atoms with Crippen LogP contribution in [0.25, 0.3) is 0 Å². The van der Waals surface area contributed by atoms with E-state index in [0.29, 0.717) is 24.3 Å². The summed E-state index contributed by atoms with van der Waals surface area (Å²) < 4.78 is 15.9. The summed E-state index contributed by atoms with van der Waals surface area (Å²) in [5.41, 5.74) is 0. The van der Waals surface area contributed by atoms with Gasteiger partial charge in [0.15, 0.2) is 0 Å². The molecule has 0 bridgehead atoms. The minimum Gasteiger partial charge on any atom is -0.383 e. The van der Waals surface area contributed by atoms with Crippen molar-refractivity contribution in [3.05, 3.63) is 0 Å². The Morgan fingerprint density at radius 3 is 2.46 bits per heavy atom. The molecule has 0 aliphatic rings. The molecule has 0 amide bonds. The molecule has 0 aromatic carbocycles. The monoisotopic (exact) mass is 207 g/mol. The Balaban J connectivity index is 3.62. The minimum absolute atomic E-state index is 0.369. The van der Waals surface area contributed by atoms with Crippen LogP contribution in [0.4, 0.5) is 0 Å². The van der Waals surface area contributed by atoms with Crippen LogP contribution in [0.1, 0.15) is 13.8 Å². The van der Waals surface area contributed by atoms with Crippen LogP contribution < -0.4 is 5.32 Å². The van der Waals surface area contributed by atoms with E-state index in [1.807, 2.05) is 0 Å². The lowest BCUT2D eigenvalue weighted by Gasteiger charge is -2.21. The lowest BCUT2D eigenvalue weighted by molar-refractivity contribution is 0.148. The highest BCUT2D eigenvalue weighted by Crippen LogP contribution is 2.01. The number of hydrogen-bond donors (Lipinski definition) is 1. The van der Waals surface area contributed by atoms with Crippen molar-refractivity contribution in [3.8, 4) is 0 Å². The molecule has 0 aromatic heterocycles. The second-order valence-electron chi connectivity index (χ2n) is 3.54. The van der Waals surface area contributed by atoms with Crippen LogP contribution in [0.5, 0.6) is 0 Å². The number of rotatable bonds is 7. The molecule has 0 saturated heterocycles. The van der Waals surface area contributed by atoms with Gasteiger partial charge in [-0.1, -0.05) is 13.8 Å².